The van der Waals surface area contributed by atoms with Gasteiger partial charge in [-0.3, -0.25) is 4.79 Å². The second kappa shape index (κ2) is 8.54. The number of ether oxygens (including phenoxy) is 2. The molecule has 1 aromatic carbocycles. The van der Waals surface area contributed by atoms with Gasteiger partial charge in [0.2, 0.25) is 0 Å². The van der Waals surface area contributed by atoms with Gasteiger partial charge >= 0.3 is 11.9 Å². The number of carbonyl (C=O) groups is 2. The van der Waals surface area contributed by atoms with Crippen LogP contribution in [0.2, 0.25) is 0 Å². The average molecular weight is 287 g/mol. The third kappa shape index (κ3) is 5.49. The normalized spacial score (nSPS) is 10.6. The number of nitriles is 1. The highest BCUT2D eigenvalue weighted by Crippen LogP contribution is 2.17. The lowest BCUT2D eigenvalue weighted by Gasteiger charge is -2.05. The molecule has 5 heteroatoms. The number of nitrogens with zero attached hydrogens (tertiary/aromatic N) is 1. The minimum atomic E-state index is -0.706. The number of carbonyl (C=O) groups excluding carboxylic acids is 2. The summed E-state index contributed by atoms with van der Waals surface area (Å²) in [6.45, 7) is 1.99. The van der Waals surface area contributed by atoms with Crippen molar-refractivity contribution in [3.05, 3.63) is 35.4 Å². The fourth-order valence-corrected chi connectivity index (χ4v) is 1.58. The van der Waals surface area contributed by atoms with E-state index in [0.29, 0.717) is 17.7 Å². The van der Waals surface area contributed by atoms with Crippen LogP contribution in [0.3, 0.4) is 0 Å². The van der Waals surface area contributed by atoms with Gasteiger partial charge in [0, 0.05) is 6.42 Å². The van der Waals surface area contributed by atoms with E-state index in [4.69, 9.17) is 10.00 Å². The molecule has 5 nitrogen and oxygen atoms in total. The fraction of sp³-hybridized carbons (Fsp3) is 0.312. The number of benzene rings is 1. The Hall–Kier alpha value is -2.61. The molecule has 0 saturated heterocycles. The van der Waals surface area contributed by atoms with Gasteiger partial charge in [0.1, 0.15) is 17.4 Å². The molecule has 0 saturated carbocycles. The summed E-state index contributed by atoms with van der Waals surface area (Å²) < 4.78 is 9.69. The van der Waals surface area contributed by atoms with Crippen molar-refractivity contribution in [3.8, 4) is 11.8 Å². The maximum Gasteiger partial charge on any atom is 0.348 e. The van der Waals surface area contributed by atoms with Gasteiger partial charge in [-0.1, -0.05) is 25.5 Å². The van der Waals surface area contributed by atoms with Gasteiger partial charge in [-0.25, -0.2) is 4.79 Å². The van der Waals surface area contributed by atoms with E-state index in [1.54, 1.807) is 30.3 Å². The first kappa shape index (κ1) is 16.4. The van der Waals surface area contributed by atoms with Crippen LogP contribution in [0.1, 0.15) is 31.7 Å². The van der Waals surface area contributed by atoms with Crippen molar-refractivity contribution in [2.75, 3.05) is 7.11 Å². The zero-order valence-electron chi connectivity index (χ0n) is 12.1. The molecule has 0 amide bonds. The Morgan fingerprint density at radius 3 is 2.76 bits per heavy atom. The van der Waals surface area contributed by atoms with Crippen molar-refractivity contribution >= 4 is 18.0 Å². The molecule has 0 aliphatic heterocycles. The Morgan fingerprint density at radius 2 is 2.14 bits per heavy atom. The van der Waals surface area contributed by atoms with Crippen LogP contribution in [0.5, 0.6) is 5.75 Å². The van der Waals surface area contributed by atoms with Crippen molar-refractivity contribution in [2.24, 2.45) is 0 Å². The summed E-state index contributed by atoms with van der Waals surface area (Å²) in [6, 6.07) is 8.38. The smallest absolute Gasteiger partial charge is 0.348 e. The van der Waals surface area contributed by atoms with E-state index in [1.807, 2.05) is 6.92 Å². The van der Waals surface area contributed by atoms with Crippen LogP contribution in [0.25, 0.3) is 6.08 Å². The largest absolute Gasteiger partial charge is 0.465 e. The van der Waals surface area contributed by atoms with E-state index in [-0.39, 0.29) is 11.5 Å². The van der Waals surface area contributed by atoms with E-state index in [1.165, 1.54) is 13.2 Å². The summed E-state index contributed by atoms with van der Waals surface area (Å²) in [5.74, 6) is -0.624. The molecule has 0 aliphatic rings. The maximum absolute atomic E-state index is 11.6. The molecule has 21 heavy (non-hydrogen) atoms. The van der Waals surface area contributed by atoms with Crippen LogP contribution in [-0.2, 0) is 14.3 Å². The predicted octanol–water partition coefficient (Wildman–Crippen LogP) is 2.86. The first-order valence-corrected chi connectivity index (χ1v) is 6.61. The summed E-state index contributed by atoms with van der Waals surface area (Å²) in [7, 11) is 1.21. The molecule has 1 aromatic rings. The monoisotopic (exact) mass is 287 g/mol. The molecule has 0 spiro atoms. The predicted molar refractivity (Wildman–Crippen MR) is 77.2 cm³/mol. The average Bonchev–Trinajstić information content (AvgIpc) is 2.50. The zero-order valence-corrected chi connectivity index (χ0v) is 12.1. The number of hydrogen-bond acceptors (Lipinski definition) is 5. The van der Waals surface area contributed by atoms with E-state index in [2.05, 4.69) is 4.74 Å². The van der Waals surface area contributed by atoms with Crippen molar-refractivity contribution in [1.82, 2.24) is 0 Å². The number of methoxy groups -OCH3 is 1. The van der Waals surface area contributed by atoms with Crippen molar-refractivity contribution in [1.29, 1.82) is 5.26 Å². The summed E-state index contributed by atoms with van der Waals surface area (Å²) in [4.78, 5) is 22.9. The van der Waals surface area contributed by atoms with Crippen LogP contribution in [0, 0.1) is 11.3 Å². The molecule has 0 atom stereocenters. The first-order valence-electron chi connectivity index (χ1n) is 6.61. The molecule has 0 aliphatic carbocycles. The lowest BCUT2D eigenvalue weighted by atomic mass is 10.1. The standard InChI is InChI=1S/C16H17NO4/c1-3-4-8-15(18)21-14-7-5-6-12(10-14)9-13(11-17)16(19)20-2/h5-7,9-10H,3-4,8H2,1-2H3/b13-9-. The molecule has 0 aromatic heterocycles. The summed E-state index contributed by atoms with van der Waals surface area (Å²) in [6.07, 6.45) is 3.44. The summed E-state index contributed by atoms with van der Waals surface area (Å²) in [5, 5.41) is 8.90. The van der Waals surface area contributed by atoms with Crippen LogP contribution in [0.4, 0.5) is 0 Å². The van der Waals surface area contributed by atoms with Crippen LogP contribution < -0.4 is 4.74 Å². The molecule has 0 N–H and O–H groups in total. The van der Waals surface area contributed by atoms with Gasteiger partial charge in [-0.15, -0.1) is 0 Å². The van der Waals surface area contributed by atoms with E-state index < -0.39 is 5.97 Å². The number of rotatable bonds is 6. The number of esters is 2. The molecule has 0 heterocycles. The lowest BCUT2D eigenvalue weighted by molar-refractivity contribution is -0.136. The summed E-state index contributed by atoms with van der Waals surface area (Å²) >= 11 is 0. The Labute approximate surface area is 123 Å². The minimum Gasteiger partial charge on any atom is -0.465 e. The third-order valence-corrected chi connectivity index (χ3v) is 2.66. The quantitative estimate of drug-likeness (QED) is 0.348. The minimum absolute atomic E-state index is 0.119. The fourth-order valence-electron chi connectivity index (χ4n) is 1.58. The molecular formula is C16H17NO4. The molecule has 0 fully saturated rings. The highest BCUT2D eigenvalue weighted by Gasteiger charge is 2.09. The molecule has 0 unspecified atom stereocenters. The second-order valence-electron chi connectivity index (χ2n) is 4.31. The Kier molecular flexibility index (Phi) is 6.69. The van der Waals surface area contributed by atoms with Crippen molar-refractivity contribution < 1.29 is 19.1 Å². The van der Waals surface area contributed by atoms with Gasteiger partial charge in [0.15, 0.2) is 0 Å². The van der Waals surface area contributed by atoms with Crippen molar-refractivity contribution in [2.45, 2.75) is 26.2 Å². The Morgan fingerprint density at radius 1 is 1.38 bits per heavy atom. The molecule has 1 rings (SSSR count). The molecule has 0 bridgehead atoms. The molecule has 110 valence electrons. The van der Waals surface area contributed by atoms with Crippen molar-refractivity contribution in [3.63, 3.8) is 0 Å². The number of unbranched alkanes of at least 4 members (excludes halogenated alkanes) is 1. The van der Waals surface area contributed by atoms with E-state index >= 15 is 0 Å². The van der Waals surface area contributed by atoms with Crippen LogP contribution in [-0.4, -0.2) is 19.0 Å². The highest BCUT2D eigenvalue weighted by atomic mass is 16.5. The third-order valence-electron chi connectivity index (χ3n) is 2.66. The SMILES string of the molecule is CCCCC(=O)Oc1cccc(/C=C(/C#N)C(=O)OC)c1. The van der Waals surface area contributed by atoms with Gasteiger partial charge in [0.25, 0.3) is 0 Å². The van der Waals surface area contributed by atoms with Gasteiger partial charge in [-0.2, -0.15) is 5.26 Å². The highest BCUT2D eigenvalue weighted by molar-refractivity contribution is 5.97. The molecule has 0 radical (unpaired) electrons. The number of hydrogen-bond donors (Lipinski definition) is 0. The zero-order chi connectivity index (χ0) is 15.7. The van der Waals surface area contributed by atoms with Gasteiger partial charge in [0.05, 0.1) is 7.11 Å². The van der Waals surface area contributed by atoms with Gasteiger partial charge < -0.3 is 9.47 Å². The Balaban J connectivity index is 2.86. The second-order valence-corrected chi connectivity index (χ2v) is 4.31. The van der Waals surface area contributed by atoms with Crippen LogP contribution in [0.15, 0.2) is 29.8 Å². The topological polar surface area (TPSA) is 76.4 Å². The Bertz CT molecular complexity index is 584. The first-order chi connectivity index (χ1) is 10.1. The van der Waals surface area contributed by atoms with E-state index in [0.717, 1.165) is 12.8 Å². The maximum atomic E-state index is 11.6. The van der Waals surface area contributed by atoms with E-state index in [9.17, 15) is 9.59 Å². The summed E-state index contributed by atoms with van der Waals surface area (Å²) in [5.41, 5.74) is 0.463. The lowest BCUT2D eigenvalue weighted by Crippen LogP contribution is -2.07. The van der Waals surface area contributed by atoms with Gasteiger partial charge in [-0.05, 0) is 30.2 Å². The van der Waals surface area contributed by atoms with Crippen LogP contribution >= 0.6 is 0 Å². The molecular weight excluding hydrogens is 270 g/mol.